The summed E-state index contributed by atoms with van der Waals surface area (Å²) in [6.07, 6.45) is -6.95. The van der Waals surface area contributed by atoms with Crippen LogP contribution in [0.3, 0.4) is 0 Å². The van der Waals surface area contributed by atoms with Crippen LogP contribution in [-0.2, 0) is 18.1 Å². The summed E-state index contributed by atoms with van der Waals surface area (Å²) in [5.41, 5.74) is -2.77. The molecule has 208 valence electrons. The average Bonchev–Trinajstić information content (AvgIpc) is 3.35. The molecule has 1 aliphatic carbocycles. The van der Waals surface area contributed by atoms with E-state index < -0.39 is 41.2 Å². The fraction of sp³-hybridized carbons (Fsp3) is 0.321. The summed E-state index contributed by atoms with van der Waals surface area (Å²) in [5, 5.41) is 5.51. The number of carbonyl (C=O) groups is 1. The van der Waals surface area contributed by atoms with Gasteiger partial charge < -0.3 is 15.4 Å². The number of hydrogen-bond acceptors (Lipinski definition) is 2. The minimum absolute atomic E-state index is 0.105. The summed E-state index contributed by atoms with van der Waals surface area (Å²) in [5.74, 6) is -2.05. The highest BCUT2D eigenvalue weighted by Crippen LogP contribution is 2.39. The molecule has 0 radical (unpaired) electrons. The quantitative estimate of drug-likeness (QED) is 0.298. The van der Waals surface area contributed by atoms with Gasteiger partial charge in [0.25, 0.3) is 0 Å². The monoisotopic (exact) mass is 554 g/mol. The van der Waals surface area contributed by atoms with Crippen LogP contribution in [0.25, 0.3) is 0 Å². The molecule has 0 spiro atoms. The van der Waals surface area contributed by atoms with E-state index in [1.54, 1.807) is 30.3 Å². The summed E-state index contributed by atoms with van der Waals surface area (Å²) >= 11 is 0. The maximum absolute atomic E-state index is 14.8. The first-order chi connectivity index (χ1) is 18.3. The van der Waals surface area contributed by atoms with Gasteiger partial charge in [0.05, 0.1) is 11.1 Å². The van der Waals surface area contributed by atoms with Crippen molar-refractivity contribution < 1.29 is 40.3 Å². The Labute approximate surface area is 220 Å². The van der Waals surface area contributed by atoms with Crippen molar-refractivity contribution in [3.8, 4) is 5.75 Å². The minimum atomic E-state index is -5.16. The molecule has 0 aliphatic heterocycles. The van der Waals surface area contributed by atoms with Gasteiger partial charge in [-0.15, -0.1) is 13.2 Å². The summed E-state index contributed by atoms with van der Waals surface area (Å²) in [7, 11) is 0. The minimum Gasteiger partial charge on any atom is -0.406 e. The molecule has 1 fully saturated rings. The maximum Gasteiger partial charge on any atom is 0.573 e. The second kappa shape index (κ2) is 11.2. The predicted molar refractivity (Wildman–Crippen MR) is 129 cm³/mol. The normalized spacial score (nSPS) is 16.0. The average molecular weight is 555 g/mol. The Morgan fingerprint density at radius 1 is 0.821 bits per heavy atom. The molecule has 3 aromatic rings. The topological polar surface area (TPSA) is 50.4 Å². The van der Waals surface area contributed by atoms with Gasteiger partial charge in [-0.2, -0.15) is 13.2 Å². The standard InChI is InChI=1S/C28H25F7N2O2/c29-22-14-21(15-24(16-22)39-28(33,34)35)26(17-18-7-2-1-3-8-18,37-25(38)36-23-11-4-5-12-23)19-9-6-10-20(13-19)27(30,31)32/h1-3,6-10,13-16,23H,4-5,11-12,17H2,(H2,36,37,38)/t26-/m1/s1. The Kier molecular flexibility index (Phi) is 8.08. The number of benzene rings is 3. The van der Waals surface area contributed by atoms with Crippen molar-refractivity contribution in [3.63, 3.8) is 0 Å². The van der Waals surface area contributed by atoms with E-state index in [-0.39, 0.29) is 23.6 Å². The third-order valence-electron chi connectivity index (χ3n) is 6.61. The molecular weight excluding hydrogens is 529 g/mol. The Morgan fingerprint density at radius 3 is 2.13 bits per heavy atom. The molecule has 1 aliphatic rings. The summed E-state index contributed by atoms with van der Waals surface area (Å²) < 4.78 is 99.0. The molecule has 1 atom stereocenters. The van der Waals surface area contributed by atoms with E-state index in [1.807, 2.05) is 0 Å². The van der Waals surface area contributed by atoms with Crippen molar-refractivity contribution in [2.24, 2.45) is 0 Å². The van der Waals surface area contributed by atoms with Crippen molar-refractivity contribution in [3.05, 3.63) is 101 Å². The number of urea groups is 1. The lowest BCUT2D eigenvalue weighted by Crippen LogP contribution is -2.53. The van der Waals surface area contributed by atoms with E-state index in [0.717, 1.165) is 43.2 Å². The first-order valence-electron chi connectivity index (χ1n) is 12.2. The van der Waals surface area contributed by atoms with E-state index >= 15 is 0 Å². The Bertz CT molecular complexity index is 1290. The zero-order chi connectivity index (χ0) is 28.3. The first kappa shape index (κ1) is 28.3. The van der Waals surface area contributed by atoms with E-state index in [1.165, 1.54) is 6.07 Å². The summed E-state index contributed by atoms with van der Waals surface area (Å²) in [6.45, 7) is 0. The van der Waals surface area contributed by atoms with Gasteiger partial charge in [-0.05, 0) is 53.8 Å². The number of hydrogen-bond donors (Lipinski definition) is 2. The van der Waals surface area contributed by atoms with Gasteiger partial charge in [0.15, 0.2) is 0 Å². The molecule has 4 rings (SSSR count). The van der Waals surface area contributed by atoms with Gasteiger partial charge in [0.1, 0.15) is 11.6 Å². The van der Waals surface area contributed by atoms with E-state index in [4.69, 9.17) is 0 Å². The molecule has 0 unspecified atom stereocenters. The molecule has 0 aromatic heterocycles. The van der Waals surface area contributed by atoms with Gasteiger partial charge in [-0.25, -0.2) is 9.18 Å². The van der Waals surface area contributed by atoms with E-state index in [0.29, 0.717) is 24.5 Å². The molecule has 4 nitrogen and oxygen atoms in total. The molecule has 0 saturated heterocycles. The molecule has 11 heteroatoms. The fourth-order valence-corrected chi connectivity index (χ4v) is 4.91. The van der Waals surface area contributed by atoms with Crippen LogP contribution in [0.4, 0.5) is 35.5 Å². The lowest BCUT2D eigenvalue weighted by atomic mass is 9.77. The molecule has 0 bridgehead atoms. The van der Waals surface area contributed by atoms with E-state index in [9.17, 15) is 35.5 Å². The molecule has 3 aromatic carbocycles. The zero-order valence-corrected chi connectivity index (χ0v) is 20.5. The number of amides is 2. The number of ether oxygens (including phenoxy) is 1. The number of nitrogens with one attached hydrogen (secondary N) is 2. The van der Waals surface area contributed by atoms with Crippen LogP contribution in [-0.4, -0.2) is 18.4 Å². The van der Waals surface area contributed by atoms with Crippen LogP contribution in [0.15, 0.2) is 72.8 Å². The largest absolute Gasteiger partial charge is 0.573 e. The van der Waals surface area contributed by atoms with Gasteiger partial charge in [-0.3, -0.25) is 0 Å². The van der Waals surface area contributed by atoms with Crippen LogP contribution in [0.2, 0.25) is 0 Å². The third-order valence-corrected chi connectivity index (χ3v) is 6.61. The van der Waals surface area contributed by atoms with Crippen LogP contribution >= 0.6 is 0 Å². The molecule has 0 heterocycles. The highest BCUT2D eigenvalue weighted by Gasteiger charge is 2.41. The molecule has 39 heavy (non-hydrogen) atoms. The zero-order valence-electron chi connectivity index (χ0n) is 20.5. The van der Waals surface area contributed by atoms with Crippen LogP contribution in [0.1, 0.15) is 47.9 Å². The number of halogens is 7. The summed E-state index contributed by atoms with van der Waals surface area (Å²) in [4.78, 5) is 13.3. The molecule has 1 saturated carbocycles. The molecular formula is C28H25F7N2O2. The van der Waals surface area contributed by atoms with Gasteiger partial charge in [0.2, 0.25) is 0 Å². The van der Waals surface area contributed by atoms with Crippen LogP contribution < -0.4 is 15.4 Å². The number of carbonyl (C=O) groups excluding carboxylic acids is 1. The van der Waals surface area contributed by atoms with Gasteiger partial charge in [-0.1, -0.05) is 55.3 Å². The third kappa shape index (κ3) is 7.21. The fourth-order valence-electron chi connectivity index (χ4n) is 4.91. The van der Waals surface area contributed by atoms with Crippen molar-refractivity contribution in [2.75, 3.05) is 0 Å². The molecule has 2 N–H and O–H groups in total. The predicted octanol–water partition coefficient (Wildman–Crippen LogP) is 7.47. The van der Waals surface area contributed by atoms with Crippen LogP contribution in [0.5, 0.6) is 5.75 Å². The molecule has 2 amide bonds. The van der Waals surface area contributed by atoms with Gasteiger partial charge >= 0.3 is 18.6 Å². The SMILES string of the molecule is O=C(NC1CCCC1)N[C@@](Cc1ccccc1)(c1cc(F)cc(OC(F)(F)F)c1)c1cccc(C(F)(F)F)c1. The van der Waals surface area contributed by atoms with Gasteiger partial charge in [0, 0.05) is 18.5 Å². The highest BCUT2D eigenvalue weighted by atomic mass is 19.4. The first-order valence-corrected chi connectivity index (χ1v) is 12.2. The smallest absolute Gasteiger partial charge is 0.406 e. The number of alkyl halides is 6. The van der Waals surface area contributed by atoms with Crippen molar-refractivity contribution in [1.29, 1.82) is 0 Å². The highest BCUT2D eigenvalue weighted by molar-refractivity contribution is 5.76. The Balaban J connectivity index is 1.92. The lowest BCUT2D eigenvalue weighted by molar-refractivity contribution is -0.274. The summed E-state index contributed by atoms with van der Waals surface area (Å²) in [6, 6.07) is 13.7. The Morgan fingerprint density at radius 2 is 1.49 bits per heavy atom. The lowest BCUT2D eigenvalue weighted by Gasteiger charge is -2.37. The second-order valence-corrected chi connectivity index (χ2v) is 9.45. The van der Waals surface area contributed by atoms with Crippen molar-refractivity contribution in [2.45, 2.75) is 56.2 Å². The van der Waals surface area contributed by atoms with Crippen LogP contribution in [0, 0.1) is 5.82 Å². The Hall–Kier alpha value is -3.76. The maximum atomic E-state index is 14.8. The van der Waals surface area contributed by atoms with Crippen molar-refractivity contribution in [1.82, 2.24) is 10.6 Å². The van der Waals surface area contributed by atoms with E-state index in [2.05, 4.69) is 15.4 Å². The van der Waals surface area contributed by atoms with Crippen molar-refractivity contribution >= 4 is 6.03 Å². The number of rotatable bonds is 7. The second-order valence-electron chi connectivity index (χ2n) is 9.45.